The van der Waals surface area contributed by atoms with Crippen LogP contribution in [0.5, 0.6) is 17.2 Å². The first-order valence-electron chi connectivity index (χ1n) is 11.0. The van der Waals surface area contributed by atoms with Crippen molar-refractivity contribution in [2.45, 2.75) is 19.9 Å². The third-order valence-corrected chi connectivity index (χ3v) is 6.64. The van der Waals surface area contributed by atoms with Crippen molar-refractivity contribution in [1.82, 2.24) is 4.57 Å². The molecular weight excluding hydrogens is 468 g/mol. The third kappa shape index (κ3) is 4.59. The molecule has 8 nitrogen and oxygen atoms in total. The average Bonchev–Trinajstić information content (AvgIpc) is 3.17. The summed E-state index contributed by atoms with van der Waals surface area (Å²) in [6.45, 7) is 3.69. The Hall–Kier alpha value is -3.85. The first kappa shape index (κ1) is 24.3. The molecule has 2 aromatic carbocycles. The molecule has 1 aliphatic rings. The van der Waals surface area contributed by atoms with Crippen LogP contribution in [0.15, 0.2) is 63.5 Å². The molecule has 0 aliphatic carbocycles. The molecule has 182 valence electrons. The number of hydrogen-bond acceptors (Lipinski definition) is 8. The van der Waals surface area contributed by atoms with Crippen molar-refractivity contribution in [2.24, 2.45) is 4.99 Å². The van der Waals surface area contributed by atoms with Gasteiger partial charge in [-0.15, -0.1) is 0 Å². The maximum Gasteiger partial charge on any atom is 0.338 e. The van der Waals surface area contributed by atoms with Crippen LogP contribution in [0.4, 0.5) is 0 Å². The number of aromatic nitrogens is 1. The van der Waals surface area contributed by atoms with Crippen LogP contribution < -0.4 is 29.1 Å². The molecule has 4 rings (SSSR count). The zero-order chi connectivity index (χ0) is 25.1. The van der Waals surface area contributed by atoms with E-state index in [1.807, 2.05) is 30.3 Å². The van der Waals surface area contributed by atoms with Crippen molar-refractivity contribution in [3.8, 4) is 17.2 Å². The molecule has 1 aliphatic heterocycles. The molecule has 35 heavy (non-hydrogen) atoms. The van der Waals surface area contributed by atoms with E-state index in [-0.39, 0.29) is 12.2 Å². The Morgan fingerprint density at radius 2 is 1.77 bits per heavy atom. The topological polar surface area (TPSA) is 88.4 Å². The van der Waals surface area contributed by atoms with Gasteiger partial charge in [-0.2, -0.15) is 0 Å². The first-order chi connectivity index (χ1) is 16.9. The summed E-state index contributed by atoms with van der Waals surface area (Å²) in [7, 11) is 4.69. The third-order valence-electron chi connectivity index (χ3n) is 5.65. The van der Waals surface area contributed by atoms with E-state index in [1.54, 1.807) is 50.8 Å². The quantitative estimate of drug-likeness (QED) is 0.470. The second-order valence-corrected chi connectivity index (χ2v) is 8.70. The van der Waals surface area contributed by atoms with Crippen LogP contribution in [-0.2, 0) is 9.53 Å². The number of rotatable bonds is 7. The van der Waals surface area contributed by atoms with Gasteiger partial charge in [-0.3, -0.25) is 9.36 Å². The minimum absolute atomic E-state index is 0.205. The number of carbonyl (C=O) groups excluding carboxylic acids is 1. The van der Waals surface area contributed by atoms with Crippen LogP contribution in [0.3, 0.4) is 0 Å². The number of fused-ring (bicyclic) bond motifs is 1. The molecule has 0 unspecified atom stereocenters. The predicted molar refractivity (Wildman–Crippen MR) is 133 cm³/mol. The van der Waals surface area contributed by atoms with Crippen LogP contribution >= 0.6 is 11.3 Å². The molecule has 0 saturated carbocycles. The summed E-state index contributed by atoms with van der Waals surface area (Å²) in [5, 5.41) is 0. The van der Waals surface area contributed by atoms with Crippen LogP contribution in [-0.4, -0.2) is 38.5 Å². The number of esters is 1. The van der Waals surface area contributed by atoms with Crippen LogP contribution in [0.25, 0.3) is 6.08 Å². The number of ether oxygens (including phenoxy) is 4. The summed E-state index contributed by atoms with van der Waals surface area (Å²) in [5.74, 6) is 1.24. The van der Waals surface area contributed by atoms with Gasteiger partial charge >= 0.3 is 5.97 Å². The molecule has 0 spiro atoms. The predicted octanol–water partition coefficient (Wildman–Crippen LogP) is 2.82. The Morgan fingerprint density at radius 3 is 2.40 bits per heavy atom. The molecule has 2 heterocycles. The van der Waals surface area contributed by atoms with Crippen molar-refractivity contribution in [3.05, 3.63) is 84.5 Å². The van der Waals surface area contributed by atoms with Gasteiger partial charge < -0.3 is 18.9 Å². The molecule has 1 aromatic heterocycles. The number of benzene rings is 2. The maximum absolute atomic E-state index is 13.7. The van der Waals surface area contributed by atoms with Gasteiger partial charge in [-0.25, -0.2) is 9.79 Å². The van der Waals surface area contributed by atoms with Gasteiger partial charge in [0.25, 0.3) is 5.56 Å². The maximum atomic E-state index is 13.7. The Bertz CT molecular complexity index is 1470. The lowest BCUT2D eigenvalue weighted by Crippen LogP contribution is -2.39. The van der Waals surface area contributed by atoms with Crippen molar-refractivity contribution in [1.29, 1.82) is 0 Å². The summed E-state index contributed by atoms with van der Waals surface area (Å²) in [4.78, 5) is 31.8. The lowest BCUT2D eigenvalue weighted by Gasteiger charge is -2.25. The van der Waals surface area contributed by atoms with E-state index in [0.717, 1.165) is 11.3 Å². The molecule has 0 saturated heterocycles. The molecule has 0 N–H and O–H groups in total. The molecule has 1 atom stereocenters. The Balaban J connectivity index is 1.94. The van der Waals surface area contributed by atoms with E-state index in [9.17, 15) is 9.59 Å². The second-order valence-electron chi connectivity index (χ2n) is 7.69. The van der Waals surface area contributed by atoms with Crippen LogP contribution in [0, 0.1) is 0 Å². The monoisotopic (exact) mass is 494 g/mol. The molecule has 0 bridgehead atoms. The average molecular weight is 495 g/mol. The lowest BCUT2D eigenvalue weighted by molar-refractivity contribution is -0.139. The van der Waals surface area contributed by atoms with E-state index in [4.69, 9.17) is 18.9 Å². The van der Waals surface area contributed by atoms with E-state index in [1.165, 1.54) is 18.4 Å². The molecule has 0 radical (unpaired) electrons. The Kier molecular flexibility index (Phi) is 7.07. The first-order valence-corrected chi connectivity index (χ1v) is 11.8. The van der Waals surface area contributed by atoms with Gasteiger partial charge in [0.05, 0.1) is 49.8 Å². The normalized spacial score (nSPS) is 15.3. The van der Waals surface area contributed by atoms with Gasteiger partial charge in [0, 0.05) is 0 Å². The van der Waals surface area contributed by atoms with Crippen molar-refractivity contribution in [3.63, 3.8) is 0 Å². The number of methoxy groups -OCH3 is 3. The minimum atomic E-state index is -0.733. The Labute approximate surface area is 206 Å². The highest BCUT2D eigenvalue weighted by Crippen LogP contribution is 2.36. The molecule has 9 heteroatoms. The molecule has 0 fully saturated rings. The van der Waals surface area contributed by atoms with Crippen molar-refractivity contribution in [2.75, 3.05) is 27.9 Å². The fraction of sp³-hybridized carbons (Fsp3) is 0.269. The minimum Gasteiger partial charge on any atom is -0.497 e. The van der Waals surface area contributed by atoms with E-state index in [0.29, 0.717) is 37.7 Å². The summed E-state index contributed by atoms with van der Waals surface area (Å²) < 4.78 is 23.4. The van der Waals surface area contributed by atoms with E-state index < -0.39 is 12.0 Å². The van der Waals surface area contributed by atoms with Gasteiger partial charge in [-0.1, -0.05) is 29.5 Å². The highest BCUT2D eigenvalue weighted by atomic mass is 32.1. The number of carbonyl (C=O) groups is 1. The highest BCUT2D eigenvalue weighted by Gasteiger charge is 2.33. The van der Waals surface area contributed by atoms with Crippen molar-refractivity contribution < 1.29 is 23.7 Å². The number of allylic oxidation sites excluding steroid dienone is 1. The number of nitrogens with zero attached hydrogens (tertiary/aromatic N) is 2. The molecule has 0 amide bonds. The summed E-state index contributed by atoms with van der Waals surface area (Å²) in [6.07, 6.45) is 1.80. The Morgan fingerprint density at radius 1 is 1.06 bits per heavy atom. The van der Waals surface area contributed by atoms with E-state index in [2.05, 4.69) is 4.99 Å². The standard InChI is InChI=1S/C26H26N2O6S/c1-6-34-25(30)22-15(2)27-26-28(23(22)17-9-12-19(32-4)20(14-17)33-5)24(29)21(35-26)13-16-7-10-18(31-3)11-8-16/h7-14,23H,6H2,1-5H3/b21-13+/t23-/m1/s1. The number of thiazole rings is 1. The molecular formula is C26H26N2O6S. The van der Waals surface area contributed by atoms with Gasteiger partial charge in [0.1, 0.15) is 5.75 Å². The highest BCUT2D eigenvalue weighted by molar-refractivity contribution is 7.07. The second kappa shape index (κ2) is 10.2. The van der Waals surface area contributed by atoms with E-state index >= 15 is 0 Å². The van der Waals surface area contributed by atoms with Crippen molar-refractivity contribution >= 4 is 23.4 Å². The largest absolute Gasteiger partial charge is 0.497 e. The zero-order valence-electron chi connectivity index (χ0n) is 20.2. The summed E-state index contributed by atoms with van der Waals surface area (Å²) in [5.41, 5.74) is 2.08. The van der Waals surface area contributed by atoms with Crippen LogP contribution in [0.2, 0.25) is 0 Å². The fourth-order valence-corrected chi connectivity index (χ4v) is 5.03. The molecule has 3 aromatic rings. The smallest absolute Gasteiger partial charge is 0.338 e. The SMILES string of the molecule is CCOC(=O)C1=C(C)N=c2s/c(=C/c3ccc(OC)cc3)c(=O)n2[C@@H]1c1ccc(OC)c(OC)c1. The summed E-state index contributed by atoms with van der Waals surface area (Å²) >= 11 is 1.27. The number of hydrogen-bond donors (Lipinski definition) is 0. The van der Waals surface area contributed by atoms with Gasteiger partial charge in [0.2, 0.25) is 0 Å². The zero-order valence-corrected chi connectivity index (χ0v) is 21.0. The lowest BCUT2D eigenvalue weighted by atomic mass is 9.95. The fourth-order valence-electron chi connectivity index (χ4n) is 3.98. The van der Waals surface area contributed by atoms with Crippen LogP contribution in [0.1, 0.15) is 31.0 Å². The summed E-state index contributed by atoms with van der Waals surface area (Å²) in [6, 6.07) is 12.0. The van der Waals surface area contributed by atoms with Gasteiger partial charge in [-0.05, 0) is 55.3 Å². The van der Waals surface area contributed by atoms with Gasteiger partial charge in [0.15, 0.2) is 16.3 Å².